The summed E-state index contributed by atoms with van der Waals surface area (Å²) in [5.74, 6) is -0.493. The number of aromatic nitrogens is 1. The van der Waals surface area contributed by atoms with Crippen molar-refractivity contribution in [2.45, 2.75) is 31.2 Å². The van der Waals surface area contributed by atoms with Gasteiger partial charge in [0.2, 0.25) is 5.43 Å². The summed E-state index contributed by atoms with van der Waals surface area (Å²) in [6, 6.07) is 11.0. The number of nitrogens with zero attached hydrogens (tertiary/aromatic N) is 1. The Morgan fingerprint density at radius 3 is 2.50 bits per heavy atom. The Morgan fingerprint density at radius 1 is 1.20 bits per heavy atom. The number of pyridine rings is 1. The summed E-state index contributed by atoms with van der Waals surface area (Å²) >= 11 is 3.32. The first-order valence-corrected chi connectivity index (χ1v) is 11.6. The summed E-state index contributed by atoms with van der Waals surface area (Å²) in [5, 5.41) is 2.89. The number of H-pyrrole nitrogens is 1. The molecular formula is C21H22BrN3O4S. The molecule has 0 aliphatic carbocycles. The van der Waals surface area contributed by atoms with Gasteiger partial charge >= 0.3 is 0 Å². The van der Waals surface area contributed by atoms with Crippen LogP contribution >= 0.6 is 15.9 Å². The first kappa shape index (κ1) is 22.0. The number of hydrogen-bond acceptors (Lipinski definition) is 4. The number of sulfonamides is 1. The molecule has 0 aliphatic heterocycles. The summed E-state index contributed by atoms with van der Waals surface area (Å²) in [6.45, 7) is 3.77. The molecule has 0 saturated carbocycles. The molecular weight excluding hydrogens is 470 g/mol. The maximum Gasteiger partial charge on any atom is 0.264 e. The molecule has 1 heterocycles. The average Bonchev–Trinajstić information content (AvgIpc) is 2.73. The smallest absolute Gasteiger partial charge is 0.264 e. The third-order valence-corrected chi connectivity index (χ3v) is 7.25. The second-order valence-corrected chi connectivity index (χ2v) is 9.86. The van der Waals surface area contributed by atoms with Crippen molar-refractivity contribution in [3.63, 3.8) is 0 Å². The Labute approximate surface area is 183 Å². The maximum absolute atomic E-state index is 13.1. The molecule has 2 aromatic carbocycles. The van der Waals surface area contributed by atoms with Gasteiger partial charge in [0.1, 0.15) is 5.56 Å². The first-order chi connectivity index (χ1) is 14.1. The zero-order valence-electron chi connectivity index (χ0n) is 16.8. The Kier molecular flexibility index (Phi) is 6.33. The van der Waals surface area contributed by atoms with E-state index < -0.39 is 21.4 Å². The fraction of sp³-hybridized carbons (Fsp3) is 0.238. The number of rotatable bonds is 6. The quantitative estimate of drug-likeness (QED) is 0.549. The van der Waals surface area contributed by atoms with Crippen LogP contribution in [-0.2, 0) is 10.0 Å². The molecule has 7 nitrogen and oxygen atoms in total. The van der Waals surface area contributed by atoms with Gasteiger partial charge in [0.25, 0.3) is 15.9 Å². The van der Waals surface area contributed by atoms with Crippen LogP contribution in [0.1, 0.15) is 30.6 Å². The molecule has 0 radical (unpaired) electrons. The normalized spacial score (nSPS) is 12.5. The van der Waals surface area contributed by atoms with Gasteiger partial charge in [0, 0.05) is 34.7 Å². The van der Waals surface area contributed by atoms with Crippen molar-refractivity contribution in [3.8, 4) is 0 Å². The van der Waals surface area contributed by atoms with Crippen molar-refractivity contribution in [1.82, 2.24) is 10.3 Å². The number of halogens is 1. The van der Waals surface area contributed by atoms with Crippen LogP contribution in [0.3, 0.4) is 0 Å². The van der Waals surface area contributed by atoms with Gasteiger partial charge in [0.15, 0.2) is 0 Å². The second kappa shape index (κ2) is 8.61. The van der Waals surface area contributed by atoms with Crippen LogP contribution in [0.4, 0.5) is 5.69 Å². The number of nitrogens with one attached hydrogen (secondary N) is 2. The van der Waals surface area contributed by atoms with E-state index in [1.807, 2.05) is 13.8 Å². The van der Waals surface area contributed by atoms with E-state index in [0.29, 0.717) is 11.2 Å². The van der Waals surface area contributed by atoms with Crippen molar-refractivity contribution in [3.05, 3.63) is 68.9 Å². The topological polar surface area (TPSA) is 99.3 Å². The van der Waals surface area contributed by atoms with Gasteiger partial charge in [-0.05, 0) is 55.8 Å². The molecule has 0 bridgehead atoms. The number of fused-ring (bicyclic) bond motifs is 1. The first-order valence-electron chi connectivity index (χ1n) is 9.36. The van der Waals surface area contributed by atoms with Crippen LogP contribution in [0.2, 0.25) is 0 Å². The van der Waals surface area contributed by atoms with E-state index in [4.69, 9.17) is 0 Å². The van der Waals surface area contributed by atoms with Crippen molar-refractivity contribution in [2.24, 2.45) is 0 Å². The van der Waals surface area contributed by atoms with Crippen LogP contribution in [0.15, 0.2) is 62.8 Å². The summed E-state index contributed by atoms with van der Waals surface area (Å²) in [5.41, 5.74) is 0.353. The van der Waals surface area contributed by atoms with Gasteiger partial charge in [0.05, 0.1) is 10.6 Å². The van der Waals surface area contributed by atoms with E-state index >= 15 is 0 Å². The number of aromatic amines is 1. The molecule has 3 aromatic rings. The summed E-state index contributed by atoms with van der Waals surface area (Å²) < 4.78 is 28.2. The summed E-state index contributed by atoms with van der Waals surface area (Å²) in [4.78, 5) is 28.2. The van der Waals surface area contributed by atoms with Crippen LogP contribution in [0, 0.1) is 0 Å². The minimum Gasteiger partial charge on any atom is -0.360 e. The van der Waals surface area contributed by atoms with E-state index in [9.17, 15) is 18.0 Å². The third-order valence-electron chi connectivity index (χ3n) is 4.94. The predicted molar refractivity (Wildman–Crippen MR) is 122 cm³/mol. The molecule has 0 fully saturated rings. The van der Waals surface area contributed by atoms with Crippen molar-refractivity contribution in [2.75, 3.05) is 11.4 Å². The molecule has 0 unspecified atom stereocenters. The molecule has 158 valence electrons. The van der Waals surface area contributed by atoms with Gasteiger partial charge < -0.3 is 10.3 Å². The van der Waals surface area contributed by atoms with Gasteiger partial charge in [-0.1, -0.05) is 22.9 Å². The Morgan fingerprint density at radius 2 is 1.87 bits per heavy atom. The van der Waals surface area contributed by atoms with Crippen molar-refractivity contribution >= 4 is 48.5 Å². The lowest BCUT2D eigenvalue weighted by Crippen LogP contribution is -2.35. The average molecular weight is 492 g/mol. The third kappa shape index (κ3) is 4.27. The van der Waals surface area contributed by atoms with Gasteiger partial charge in [-0.15, -0.1) is 0 Å². The molecule has 3 rings (SSSR count). The van der Waals surface area contributed by atoms with Crippen molar-refractivity contribution < 1.29 is 13.2 Å². The van der Waals surface area contributed by atoms with Gasteiger partial charge in [-0.25, -0.2) is 8.42 Å². The fourth-order valence-electron chi connectivity index (χ4n) is 2.88. The highest BCUT2D eigenvalue weighted by Gasteiger charge is 2.23. The zero-order chi connectivity index (χ0) is 22.1. The van der Waals surface area contributed by atoms with Crippen molar-refractivity contribution in [1.29, 1.82) is 0 Å². The Hall–Kier alpha value is -2.65. The number of anilines is 1. The van der Waals surface area contributed by atoms with E-state index in [-0.39, 0.29) is 21.9 Å². The Balaban J connectivity index is 2.05. The van der Waals surface area contributed by atoms with Crippen LogP contribution in [0.5, 0.6) is 0 Å². The second-order valence-electron chi connectivity index (χ2n) is 6.97. The maximum atomic E-state index is 13.1. The Bertz CT molecular complexity index is 1250. The van der Waals surface area contributed by atoms with E-state index in [0.717, 1.165) is 15.2 Å². The molecule has 9 heteroatoms. The highest BCUT2D eigenvalue weighted by Crippen LogP contribution is 2.25. The lowest BCUT2D eigenvalue weighted by molar-refractivity contribution is 0.0938. The lowest BCUT2D eigenvalue weighted by Gasteiger charge is -2.20. The number of carbonyl (C=O) groups excluding carboxylic acids is 1. The number of carbonyl (C=O) groups is 1. The monoisotopic (exact) mass is 491 g/mol. The predicted octanol–water partition coefficient (Wildman–Crippen LogP) is 3.64. The van der Waals surface area contributed by atoms with Crippen LogP contribution in [0.25, 0.3) is 10.9 Å². The SMILES string of the molecule is CC[C@@H](C)NC(=O)c1c[nH]c2ccc(S(=O)(=O)N(C)c3ccc(Br)cc3)cc2c1=O. The standard InChI is InChI=1S/C21H22BrN3O4S/c1-4-13(2)24-21(27)18-12-23-19-10-9-16(11-17(19)20(18)26)30(28,29)25(3)15-7-5-14(22)6-8-15/h5-13H,4H2,1-3H3,(H,23,26)(H,24,27)/t13-/m1/s1. The highest BCUT2D eigenvalue weighted by molar-refractivity contribution is 9.10. The minimum atomic E-state index is -3.90. The zero-order valence-corrected chi connectivity index (χ0v) is 19.2. The molecule has 2 N–H and O–H groups in total. The minimum absolute atomic E-state index is 0.0367. The van der Waals surface area contributed by atoms with E-state index in [2.05, 4.69) is 26.2 Å². The molecule has 0 spiro atoms. The van der Waals surface area contributed by atoms with Gasteiger partial charge in [-0.2, -0.15) is 0 Å². The molecule has 1 atom stereocenters. The number of benzene rings is 2. The molecule has 1 aromatic heterocycles. The molecule has 1 amide bonds. The lowest BCUT2D eigenvalue weighted by atomic mass is 10.1. The molecule has 0 saturated heterocycles. The van der Waals surface area contributed by atoms with E-state index in [1.54, 1.807) is 24.3 Å². The number of amides is 1. The molecule has 30 heavy (non-hydrogen) atoms. The van der Waals surface area contributed by atoms with E-state index in [1.165, 1.54) is 31.4 Å². The summed E-state index contributed by atoms with van der Waals surface area (Å²) in [6.07, 6.45) is 2.08. The number of hydrogen-bond donors (Lipinski definition) is 2. The summed E-state index contributed by atoms with van der Waals surface area (Å²) in [7, 11) is -2.46. The fourth-order valence-corrected chi connectivity index (χ4v) is 4.36. The largest absolute Gasteiger partial charge is 0.360 e. The highest BCUT2D eigenvalue weighted by atomic mass is 79.9. The van der Waals surface area contributed by atoms with Crippen LogP contribution in [-0.4, -0.2) is 32.4 Å². The van der Waals surface area contributed by atoms with Gasteiger partial charge in [-0.3, -0.25) is 13.9 Å². The van der Waals surface area contributed by atoms with Crippen LogP contribution < -0.4 is 15.1 Å². The molecule has 0 aliphatic rings.